The summed E-state index contributed by atoms with van der Waals surface area (Å²) in [6.45, 7) is 0.594. The first-order chi connectivity index (χ1) is 9.29. The lowest BCUT2D eigenvalue weighted by Crippen LogP contribution is -2.24. The molecule has 4 nitrogen and oxygen atoms in total. The van der Waals surface area contributed by atoms with Gasteiger partial charge in [-0.1, -0.05) is 0 Å². The molecule has 19 heavy (non-hydrogen) atoms. The van der Waals surface area contributed by atoms with Crippen molar-refractivity contribution in [1.82, 2.24) is 0 Å². The van der Waals surface area contributed by atoms with Crippen molar-refractivity contribution in [2.75, 3.05) is 6.61 Å². The number of hydrogen-bond donors (Lipinski definition) is 0. The third-order valence-corrected chi connectivity index (χ3v) is 5.15. The van der Waals surface area contributed by atoms with Gasteiger partial charge in [0.05, 0.1) is 36.9 Å². The van der Waals surface area contributed by atoms with E-state index in [9.17, 15) is 4.79 Å². The molecule has 0 bridgehead atoms. The van der Waals surface area contributed by atoms with Crippen molar-refractivity contribution in [1.29, 1.82) is 0 Å². The molecule has 6 unspecified atom stereocenters. The summed E-state index contributed by atoms with van der Waals surface area (Å²) in [7, 11) is 0. The van der Waals surface area contributed by atoms with E-state index in [1.807, 2.05) is 0 Å². The van der Waals surface area contributed by atoms with Crippen LogP contribution in [-0.4, -0.2) is 37.0 Å². The molecule has 4 rings (SSSR count). The van der Waals surface area contributed by atoms with Crippen LogP contribution in [-0.2, 0) is 19.0 Å². The first-order valence-corrected chi connectivity index (χ1v) is 7.77. The van der Waals surface area contributed by atoms with E-state index in [0.29, 0.717) is 36.9 Å². The van der Waals surface area contributed by atoms with Crippen LogP contribution in [0, 0.1) is 11.8 Å². The topological polar surface area (TPSA) is 51.4 Å². The standard InChI is InChI=1S/C15H22O4/c16-15(10-2-1-3-11-14(7-10)18-11)17-8-9-4-5-12-13(6-9)19-12/h9-14H,1-8H2. The quantitative estimate of drug-likeness (QED) is 0.579. The predicted molar refractivity (Wildman–Crippen MR) is 67.6 cm³/mol. The normalized spacial score (nSPS) is 47.6. The Hall–Kier alpha value is -0.610. The summed E-state index contributed by atoms with van der Waals surface area (Å²) in [5.74, 6) is 0.601. The number of carbonyl (C=O) groups is 1. The molecule has 4 heteroatoms. The number of hydrogen-bond acceptors (Lipinski definition) is 4. The molecule has 2 aliphatic heterocycles. The molecule has 0 aromatic rings. The molecule has 2 aliphatic carbocycles. The molecule has 106 valence electrons. The summed E-state index contributed by atoms with van der Waals surface area (Å²) in [6, 6.07) is 0. The van der Waals surface area contributed by atoms with Gasteiger partial charge in [0.25, 0.3) is 0 Å². The molecule has 0 spiro atoms. The SMILES string of the molecule is O=C(OCC1CCC2OC2C1)C1CCCC2OC2C1. The van der Waals surface area contributed by atoms with Gasteiger partial charge in [-0.15, -0.1) is 0 Å². The van der Waals surface area contributed by atoms with Gasteiger partial charge in [-0.05, 0) is 50.9 Å². The lowest BCUT2D eigenvalue weighted by atomic mass is 9.90. The monoisotopic (exact) mass is 266 g/mol. The van der Waals surface area contributed by atoms with E-state index in [1.54, 1.807) is 0 Å². The number of epoxide rings is 2. The van der Waals surface area contributed by atoms with E-state index < -0.39 is 0 Å². The summed E-state index contributed by atoms with van der Waals surface area (Å²) < 4.78 is 16.6. The van der Waals surface area contributed by atoms with Crippen molar-refractivity contribution in [2.45, 2.75) is 69.4 Å². The second-order valence-electron chi connectivity index (χ2n) is 6.60. The zero-order chi connectivity index (χ0) is 12.8. The number of carbonyl (C=O) groups excluding carboxylic acids is 1. The van der Waals surface area contributed by atoms with Gasteiger partial charge in [0.15, 0.2) is 0 Å². The molecule has 2 saturated heterocycles. The fraction of sp³-hybridized carbons (Fsp3) is 0.933. The van der Waals surface area contributed by atoms with Gasteiger partial charge in [-0.3, -0.25) is 4.79 Å². The van der Waals surface area contributed by atoms with Crippen LogP contribution >= 0.6 is 0 Å². The molecule has 0 N–H and O–H groups in total. The Labute approximate surface area is 113 Å². The average Bonchev–Trinajstić information content (AvgIpc) is 3.26. The minimum Gasteiger partial charge on any atom is -0.465 e. The van der Waals surface area contributed by atoms with E-state index in [0.717, 1.165) is 44.9 Å². The smallest absolute Gasteiger partial charge is 0.309 e. The third kappa shape index (κ3) is 2.65. The second kappa shape index (κ2) is 4.74. The maximum atomic E-state index is 12.1. The van der Waals surface area contributed by atoms with Crippen LogP contribution in [0.4, 0.5) is 0 Å². The van der Waals surface area contributed by atoms with Crippen LogP contribution in [0.5, 0.6) is 0 Å². The average molecular weight is 266 g/mol. The zero-order valence-electron chi connectivity index (χ0n) is 11.3. The van der Waals surface area contributed by atoms with E-state index in [1.165, 1.54) is 0 Å². The first-order valence-electron chi connectivity index (χ1n) is 7.77. The van der Waals surface area contributed by atoms with Crippen molar-refractivity contribution in [3.8, 4) is 0 Å². The highest BCUT2D eigenvalue weighted by molar-refractivity contribution is 5.72. The van der Waals surface area contributed by atoms with Crippen molar-refractivity contribution < 1.29 is 19.0 Å². The molecule has 0 amide bonds. The van der Waals surface area contributed by atoms with Crippen LogP contribution in [0.25, 0.3) is 0 Å². The van der Waals surface area contributed by atoms with Gasteiger partial charge >= 0.3 is 5.97 Å². The van der Waals surface area contributed by atoms with E-state index in [4.69, 9.17) is 14.2 Å². The van der Waals surface area contributed by atoms with Crippen LogP contribution in [0.15, 0.2) is 0 Å². The predicted octanol–water partition coefficient (Wildman–Crippen LogP) is 2.05. The number of fused-ring (bicyclic) bond motifs is 2. The van der Waals surface area contributed by atoms with Crippen LogP contribution in [0.3, 0.4) is 0 Å². The Bertz CT molecular complexity index is 369. The molecule has 0 aromatic carbocycles. The lowest BCUT2D eigenvalue weighted by Gasteiger charge is -2.20. The largest absolute Gasteiger partial charge is 0.465 e. The highest BCUT2D eigenvalue weighted by Gasteiger charge is 2.45. The van der Waals surface area contributed by atoms with E-state index >= 15 is 0 Å². The van der Waals surface area contributed by atoms with Crippen LogP contribution in [0.1, 0.15) is 44.9 Å². The molecule has 2 heterocycles. The van der Waals surface area contributed by atoms with Crippen LogP contribution in [0.2, 0.25) is 0 Å². The van der Waals surface area contributed by atoms with Crippen LogP contribution < -0.4 is 0 Å². The molecular weight excluding hydrogens is 244 g/mol. The number of esters is 1. The van der Waals surface area contributed by atoms with Crippen molar-refractivity contribution in [3.63, 3.8) is 0 Å². The van der Waals surface area contributed by atoms with Gasteiger partial charge in [0.1, 0.15) is 0 Å². The number of ether oxygens (including phenoxy) is 3. The molecule has 4 aliphatic rings. The van der Waals surface area contributed by atoms with Crippen molar-refractivity contribution in [3.05, 3.63) is 0 Å². The molecule has 6 atom stereocenters. The fourth-order valence-corrected chi connectivity index (χ4v) is 3.77. The first kappa shape index (κ1) is 12.2. The van der Waals surface area contributed by atoms with Gasteiger partial charge in [-0.2, -0.15) is 0 Å². The summed E-state index contributed by atoms with van der Waals surface area (Å²) in [5.41, 5.74) is 0. The Morgan fingerprint density at radius 2 is 1.74 bits per heavy atom. The Morgan fingerprint density at radius 3 is 2.58 bits per heavy atom. The lowest BCUT2D eigenvalue weighted by molar-refractivity contribution is -0.151. The maximum Gasteiger partial charge on any atom is 0.309 e. The van der Waals surface area contributed by atoms with Crippen molar-refractivity contribution in [2.24, 2.45) is 11.8 Å². The maximum absolute atomic E-state index is 12.1. The molecule has 0 radical (unpaired) electrons. The Balaban J connectivity index is 1.24. The highest BCUT2D eigenvalue weighted by atomic mass is 16.6. The van der Waals surface area contributed by atoms with Gasteiger partial charge in [0.2, 0.25) is 0 Å². The van der Waals surface area contributed by atoms with Gasteiger partial charge in [0, 0.05) is 0 Å². The molecule has 4 fully saturated rings. The second-order valence-corrected chi connectivity index (χ2v) is 6.60. The van der Waals surface area contributed by atoms with Gasteiger partial charge in [-0.25, -0.2) is 0 Å². The summed E-state index contributed by atoms with van der Waals surface area (Å²) in [4.78, 5) is 12.1. The fourth-order valence-electron chi connectivity index (χ4n) is 3.77. The van der Waals surface area contributed by atoms with Crippen molar-refractivity contribution >= 4 is 5.97 Å². The zero-order valence-corrected chi connectivity index (χ0v) is 11.3. The number of rotatable bonds is 3. The Morgan fingerprint density at radius 1 is 0.947 bits per heavy atom. The molecule has 0 aromatic heterocycles. The Kier molecular flexibility index (Phi) is 3.03. The summed E-state index contributed by atoms with van der Waals surface area (Å²) in [5, 5.41) is 0. The van der Waals surface area contributed by atoms with Gasteiger partial charge < -0.3 is 14.2 Å². The summed E-state index contributed by atoms with van der Waals surface area (Å²) >= 11 is 0. The van der Waals surface area contributed by atoms with E-state index in [2.05, 4.69) is 0 Å². The molecule has 2 saturated carbocycles. The molecular formula is C15H22O4. The summed E-state index contributed by atoms with van der Waals surface area (Å²) in [6.07, 6.45) is 9.23. The van der Waals surface area contributed by atoms with E-state index in [-0.39, 0.29) is 11.9 Å². The minimum absolute atomic E-state index is 0.00925. The highest BCUT2D eigenvalue weighted by Crippen LogP contribution is 2.40. The third-order valence-electron chi connectivity index (χ3n) is 5.15. The minimum atomic E-state index is 0.00925.